The maximum Gasteiger partial charge on any atom is 0.326 e. The van der Waals surface area contributed by atoms with Gasteiger partial charge in [-0.25, -0.2) is 4.79 Å². The third kappa shape index (κ3) is 3.69. The van der Waals surface area contributed by atoms with Gasteiger partial charge < -0.3 is 14.9 Å². The number of carboxylic acids is 1. The molecule has 0 saturated carbocycles. The summed E-state index contributed by atoms with van der Waals surface area (Å²) in [6, 6.07) is 9.03. The Kier molecular flexibility index (Phi) is 5.21. The second-order valence-corrected chi connectivity index (χ2v) is 6.75. The van der Waals surface area contributed by atoms with Crippen molar-refractivity contribution in [3.63, 3.8) is 0 Å². The van der Waals surface area contributed by atoms with Gasteiger partial charge in [0.25, 0.3) is 5.91 Å². The molecule has 0 aliphatic carbocycles. The van der Waals surface area contributed by atoms with E-state index in [1.54, 1.807) is 12.3 Å². The third-order valence-corrected chi connectivity index (χ3v) is 4.75. The maximum atomic E-state index is 12.9. The average molecular weight is 353 g/mol. The zero-order valence-electron chi connectivity index (χ0n) is 15.1. The minimum absolute atomic E-state index is 0.267. The molecular formula is C20H23N3O3. The molecule has 0 spiro atoms. The highest BCUT2D eigenvalue weighted by Crippen LogP contribution is 2.25. The number of hydrogen-bond acceptors (Lipinski definition) is 4. The monoisotopic (exact) mass is 353 g/mol. The third-order valence-electron chi connectivity index (χ3n) is 4.75. The number of carbonyl (C=O) groups is 2. The van der Waals surface area contributed by atoms with E-state index in [-0.39, 0.29) is 5.91 Å². The molecule has 1 aromatic heterocycles. The molecule has 136 valence electrons. The fourth-order valence-corrected chi connectivity index (χ4v) is 3.26. The van der Waals surface area contributed by atoms with Gasteiger partial charge in [0, 0.05) is 44.3 Å². The lowest BCUT2D eigenvalue weighted by Gasteiger charge is -2.33. The quantitative estimate of drug-likeness (QED) is 0.915. The van der Waals surface area contributed by atoms with E-state index in [0.717, 1.165) is 29.7 Å². The number of aliphatic carboxylic acids is 1. The number of carbonyl (C=O) groups excluding carboxylic acids is 1. The van der Waals surface area contributed by atoms with Crippen molar-refractivity contribution in [1.29, 1.82) is 0 Å². The van der Waals surface area contributed by atoms with Crippen molar-refractivity contribution in [3.8, 4) is 11.1 Å². The van der Waals surface area contributed by atoms with Crippen LogP contribution in [0.25, 0.3) is 11.1 Å². The first-order chi connectivity index (χ1) is 12.5. The number of nitrogens with zero attached hydrogens (tertiary/aromatic N) is 3. The predicted molar refractivity (Wildman–Crippen MR) is 100 cm³/mol. The second kappa shape index (κ2) is 7.56. The van der Waals surface area contributed by atoms with Crippen LogP contribution >= 0.6 is 0 Å². The molecule has 26 heavy (non-hydrogen) atoms. The van der Waals surface area contributed by atoms with E-state index in [4.69, 9.17) is 0 Å². The molecule has 3 rings (SSSR count). The Labute approximate surface area is 153 Å². The molecule has 1 aliphatic heterocycles. The van der Waals surface area contributed by atoms with Crippen molar-refractivity contribution in [2.45, 2.75) is 25.3 Å². The molecule has 1 amide bonds. The van der Waals surface area contributed by atoms with Gasteiger partial charge in [-0.05, 0) is 43.0 Å². The Bertz CT molecular complexity index is 802. The van der Waals surface area contributed by atoms with Gasteiger partial charge in [0.15, 0.2) is 0 Å². The molecule has 0 radical (unpaired) electrons. The summed E-state index contributed by atoms with van der Waals surface area (Å²) < 4.78 is 0. The van der Waals surface area contributed by atoms with Crippen molar-refractivity contribution >= 4 is 17.6 Å². The van der Waals surface area contributed by atoms with Crippen LogP contribution in [0.4, 0.5) is 5.69 Å². The van der Waals surface area contributed by atoms with Crippen LogP contribution in [0.1, 0.15) is 29.6 Å². The number of pyridine rings is 1. The molecule has 1 N–H and O–H groups in total. The minimum Gasteiger partial charge on any atom is -0.480 e. The predicted octanol–water partition coefficient (Wildman–Crippen LogP) is 2.89. The Morgan fingerprint density at radius 2 is 1.85 bits per heavy atom. The number of anilines is 1. The van der Waals surface area contributed by atoms with Crippen molar-refractivity contribution < 1.29 is 14.7 Å². The van der Waals surface area contributed by atoms with E-state index in [1.807, 2.05) is 43.3 Å². The lowest BCUT2D eigenvalue weighted by atomic mass is 10.00. The summed E-state index contributed by atoms with van der Waals surface area (Å²) >= 11 is 0. The van der Waals surface area contributed by atoms with Gasteiger partial charge in [-0.3, -0.25) is 9.78 Å². The van der Waals surface area contributed by atoms with Crippen LogP contribution in [-0.4, -0.2) is 53.5 Å². The summed E-state index contributed by atoms with van der Waals surface area (Å²) in [7, 11) is 3.96. The highest BCUT2D eigenvalue weighted by Gasteiger charge is 2.32. The fourth-order valence-electron chi connectivity index (χ4n) is 3.26. The average Bonchev–Trinajstić information content (AvgIpc) is 2.67. The number of likely N-dealkylation sites (tertiary alicyclic amines) is 1. The van der Waals surface area contributed by atoms with Crippen molar-refractivity contribution in [2.75, 3.05) is 25.5 Å². The molecule has 2 aromatic rings. The van der Waals surface area contributed by atoms with Crippen LogP contribution < -0.4 is 4.90 Å². The van der Waals surface area contributed by atoms with E-state index in [9.17, 15) is 14.7 Å². The number of aromatic nitrogens is 1. The van der Waals surface area contributed by atoms with E-state index in [1.165, 1.54) is 11.1 Å². The highest BCUT2D eigenvalue weighted by molar-refractivity contribution is 5.97. The number of amides is 1. The first-order valence-corrected chi connectivity index (χ1v) is 8.74. The molecule has 1 aromatic carbocycles. The van der Waals surface area contributed by atoms with Crippen LogP contribution in [0.2, 0.25) is 0 Å². The zero-order valence-corrected chi connectivity index (χ0v) is 15.1. The molecule has 1 aliphatic rings. The smallest absolute Gasteiger partial charge is 0.326 e. The Morgan fingerprint density at radius 3 is 2.50 bits per heavy atom. The zero-order chi connectivity index (χ0) is 18.7. The Morgan fingerprint density at radius 1 is 1.12 bits per heavy atom. The molecule has 6 heteroatoms. The highest BCUT2D eigenvalue weighted by atomic mass is 16.4. The molecule has 1 fully saturated rings. The van der Waals surface area contributed by atoms with Gasteiger partial charge >= 0.3 is 5.97 Å². The van der Waals surface area contributed by atoms with Gasteiger partial charge in [-0.1, -0.05) is 12.1 Å². The Hall–Kier alpha value is -2.89. The number of rotatable bonds is 4. The molecule has 6 nitrogen and oxygen atoms in total. The van der Waals surface area contributed by atoms with E-state index >= 15 is 0 Å². The standard InChI is InChI=1S/C20H23N3O3/c1-22(2)17-8-6-14(7-9-17)15-11-16(13-21-12-15)19(24)23-10-4-3-5-18(23)20(25)26/h6-9,11-13,18H,3-5,10H2,1-2H3,(H,25,26). The van der Waals surface area contributed by atoms with Crippen LogP contribution in [-0.2, 0) is 4.79 Å². The lowest BCUT2D eigenvalue weighted by molar-refractivity contribution is -0.143. The van der Waals surface area contributed by atoms with Crippen molar-refractivity contribution in [1.82, 2.24) is 9.88 Å². The van der Waals surface area contributed by atoms with Crippen LogP contribution in [0.15, 0.2) is 42.7 Å². The molecule has 0 bridgehead atoms. The maximum absolute atomic E-state index is 12.9. The van der Waals surface area contributed by atoms with E-state index < -0.39 is 12.0 Å². The number of carboxylic acid groups (broad SMARTS) is 1. The van der Waals surface area contributed by atoms with Crippen LogP contribution in [0.3, 0.4) is 0 Å². The first-order valence-electron chi connectivity index (χ1n) is 8.74. The van der Waals surface area contributed by atoms with Gasteiger partial charge in [0.05, 0.1) is 5.56 Å². The normalized spacial score (nSPS) is 17.0. The van der Waals surface area contributed by atoms with Gasteiger partial charge in [-0.15, -0.1) is 0 Å². The van der Waals surface area contributed by atoms with Crippen LogP contribution in [0.5, 0.6) is 0 Å². The van der Waals surface area contributed by atoms with Gasteiger partial charge in [-0.2, -0.15) is 0 Å². The lowest BCUT2D eigenvalue weighted by Crippen LogP contribution is -2.48. The molecule has 1 unspecified atom stereocenters. The largest absolute Gasteiger partial charge is 0.480 e. The number of benzene rings is 1. The first kappa shape index (κ1) is 17.9. The fraction of sp³-hybridized carbons (Fsp3) is 0.350. The molecule has 1 saturated heterocycles. The van der Waals surface area contributed by atoms with Crippen LogP contribution in [0, 0.1) is 0 Å². The summed E-state index contributed by atoms with van der Waals surface area (Å²) in [6.07, 6.45) is 5.38. The van der Waals surface area contributed by atoms with Crippen molar-refractivity contribution in [2.24, 2.45) is 0 Å². The summed E-state index contributed by atoms with van der Waals surface area (Å²) in [6.45, 7) is 0.470. The molecule has 1 atom stereocenters. The second-order valence-electron chi connectivity index (χ2n) is 6.75. The number of piperidine rings is 1. The van der Waals surface area contributed by atoms with Crippen molar-refractivity contribution in [3.05, 3.63) is 48.3 Å². The van der Waals surface area contributed by atoms with E-state index in [2.05, 4.69) is 4.98 Å². The summed E-state index contributed by atoms with van der Waals surface area (Å²) in [4.78, 5) is 32.0. The molecule has 2 heterocycles. The minimum atomic E-state index is -0.943. The van der Waals surface area contributed by atoms with Gasteiger partial charge in [0.2, 0.25) is 0 Å². The summed E-state index contributed by atoms with van der Waals surface area (Å²) in [5, 5.41) is 9.39. The SMILES string of the molecule is CN(C)c1ccc(-c2cncc(C(=O)N3CCCCC3C(=O)O)c2)cc1. The number of hydrogen-bond donors (Lipinski definition) is 1. The molecular weight excluding hydrogens is 330 g/mol. The van der Waals surface area contributed by atoms with Gasteiger partial charge in [0.1, 0.15) is 6.04 Å². The summed E-state index contributed by atoms with van der Waals surface area (Å²) in [5.74, 6) is -1.21. The topological polar surface area (TPSA) is 73.7 Å². The summed E-state index contributed by atoms with van der Waals surface area (Å²) in [5.41, 5.74) is 3.31. The van der Waals surface area contributed by atoms with E-state index in [0.29, 0.717) is 18.5 Å². The Balaban J connectivity index is 1.86.